The molecule has 1 aliphatic heterocycles. The van der Waals surface area contributed by atoms with E-state index in [-0.39, 0.29) is 33.3 Å². The number of rotatable bonds is 3. The van der Waals surface area contributed by atoms with Crippen LogP contribution in [0.15, 0.2) is 48.5 Å². The van der Waals surface area contributed by atoms with Crippen LogP contribution in [0.2, 0.25) is 0 Å². The molecule has 4 nitrogen and oxygen atoms in total. The molecule has 1 aliphatic carbocycles. The Balaban J connectivity index is 1.53. The fraction of sp³-hybridized carbons (Fsp3) is 0.333. The lowest BCUT2D eigenvalue weighted by molar-refractivity contribution is -0.122. The number of alkyl halides is 2. The smallest absolute Gasteiger partial charge is 0.237 e. The standard InChI is InChI=1S/C21H19Br2NO3/c1-12-3-2-4-15(9-12)27-14-7-5-13(6-8-14)24-20(25)16-10-18(22)19(23)11-17(16)21(24)26/h2-9,16-19H,10-11H2,1H3. The number of aryl methyl sites for hydroxylation is 1. The number of anilines is 1. The number of nitrogens with zero attached hydrogens (tertiary/aromatic N) is 1. The van der Waals surface area contributed by atoms with E-state index in [1.54, 1.807) is 24.3 Å². The highest BCUT2D eigenvalue weighted by Gasteiger charge is 2.52. The molecule has 1 heterocycles. The van der Waals surface area contributed by atoms with Crippen LogP contribution in [0.25, 0.3) is 0 Å². The third kappa shape index (κ3) is 3.57. The number of carbonyl (C=O) groups excluding carboxylic acids is 2. The van der Waals surface area contributed by atoms with Gasteiger partial charge in [0.2, 0.25) is 11.8 Å². The number of carbonyl (C=O) groups is 2. The molecule has 0 bridgehead atoms. The largest absolute Gasteiger partial charge is 0.457 e. The van der Waals surface area contributed by atoms with Crippen molar-refractivity contribution in [3.8, 4) is 11.5 Å². The fourth-order valence-corrected chi connectivity index (χ4v) is 5.06. The van der Waals surface area contributed by atoms with Crippen LogP contribution in [0, 0.1) is 18.8 Å². The lowest BCUT2D eigenvalue weighted by Gasteiger charge is -2.29. The molecule has 2 fully saturated rings. The van der Waals surface area contributed by atoms with Crippen molar-refractivity contribution in [1.29, 1.82) is 0 Å². The number of hydrogen-bond donors (Lipinski definition) is 0. The lowest BCUT2D eigenvalue weighted by Crippen LogP contribution is -2.34. The first-order valence-electron chi connectivity index (χ1n) is 8.94. The van der Waals surface area contributed by atoms with E-state index in [2.05, 4.69) is 31.9 Å². The molecule has 4 rings (SSSR count). The maximum absolute atomic E-state index is 12.9. The molecule has 1 saturated heterocycles. The number of ether oxygens (including phenoxy) is 1. The predicted octanol–water partition coefficient (Wildman–Crippen LogP) is 5.21. The highest BCUT2D eigenvalue weighted by Crippen LogP contribution is 2.44. The van der Waals surface area contributed by atoms with Gasteiger partial charge in [0.25, 0.3) is 0 Å². The first-order chi connectivity index (χ1) is 12.9. The normalized spacial score (nSPS) is 27.6. The minimum Gasteiger partial charge on any atom is -0.457 e. The Bertz CT molecular complexity index is 855. The van der Waals surface area contributed by atoms with Gasteiger partial charge in [-0.25, -0.2) is 0 Å². The molecule has 0 aromatic heterocycles. The van der Waals surface area contributed by atoms with Crippen molar-refractivity contribution in [3.05, 3.63) is 54.1 Å². The predicted molar refractivity (Wildman–Crippen MR) is 112 cm³/mol. The zero-order chi connectivity index (χ0) is 19.1. The Kier molecular flexibility index (Phi) is 5.12. The second-order valence-electron chi connectivity index (χ2n) is 7.14. The molecule has 27 heavy (non-hydrogen) atoms. The molecular weight excluding hydrogens is 474 g/mol. The van der Waals surface area contributed by atoms with Crippen LogP contribution >= 0.6 is 31.9 Å². The van der Waals surface area contributed by atoms with Gasteiger partial charge in [-0.1, -0.05) is 44.0 Å². The van der Waals surface area contributed by atoms with E-state index >= 15 is 0 Å². The molecule has 0 N–H and O–H groups in total. The number of benzene rings is 2. The van der Waals surface area contributed by atoms with Gasteiger partial charge in [-0.2, -0.15) is 0 Å². The van der Waals surface area contributed by atoms with Crippen molar-refractivity contribution in [1.82, 2.24) is 0 Å². The van der Waals surface area contributed by atoms with Gasteiger partial charge in [0, 0.05) is 9.65 Å². The van der Waals surface area contributed by atoms with Gasteiger partial charge in [-0.05, 0) is 61.7 Å². The van der Waals surface area contributed by atoms with E-state index in [0.717, 1.165) is 11.3 Å². The van der Waals surface area contributed by atoms with E-state index in [1.165, 1.54) is 4.90 Å². The monoisotopic (exact) mass is 491 g/mol. The third-order valence-corrected chi connectivity index (χ3v) is 7.97. The molecule has 1 saturated carbocycles. The van der Waals surface area contributed by atoms with Crippen molar-refractivity contribution >= 4 is 49.4 Å². The summed E-state index contributed by atoms with van der Waals surface area (Å²) in [6.45, 7) is 2.01. The molecule has 4 atom stereocenters. The van der Waals surface area contributed by atoms with Crippen molar-refractivity contribution in [2.45, 2.75) is 29.4 Å². The summed E-state index contributed by atoms with van der Waals surface area (Å²) in [6.07, 6.45) is 1.35. The number of halogens is 2. The maximum atomic E-state index is 12.9. The van der Waals surface area contributed by atoms with E-state index in [4.69, 9.17) is 4.74 Å². The summed E-state index contributed by atoms with van der Waals surface area (Å²) in [5.74, 6) is 0.760. The van der Waals surface area contributed by atoms with Crippen molar-refractivity contribution < 1.29 is 14.3 Å². The van der Waals surface area contributed by atoms with Crippen LogP contribution in [-0.4, -0.2) is 21.5 Å². The minimum absolute atomic E-state index is 0.0961. The van der Waals surface area contributed by atoms with Gasteiger partial charge in [-0.15, -0.1) is 0 Å². The SMILES string of the molecule is Cc1cccc(Oc2ccc(N3C(=O)C4CC(Br)C(Br)CC4C3=O)cc2)c1. The van der Waals surface area contributed by atoms with Crippen molar-refractivity contribution in [3.63, 3.8) is 0 Å². The molecular formula is C21H19Br2NO3. The fourth-order valence-electron chi connectivity index (χ4n) is 3.83. The number of hydrogen-bond acceptors (Lipinski definition) is 3. The van der Waals surface area contributed by atoms with E-state index < -0.39 is 0 Å². The average molecular weight is 493 g/mol. The van der Waals surface area contributed by atoms with E-state index in [9.17, 15) is 9.59 Å². The quantitative estimate of drug-likeness (QED) is 0.436. The second-order valence-corrected chi connectivity index (χ2v) is 9.49. The molecule has 2 aliphatic rings. The number of fused-ring (bicyclic) bond motifs is 1. The molecule has 4 unspecified atom stereocenters. The summed E-state index contributed by atoms with van der Waals surface area (Å²) < 4.78 is 5.85. The van der Waals surface area contributed by atoms with Gasteiger partial charge in [-0.3, -0.25) is 14.5 Å². The summed E-state index contributed by atoms with van der Waals surface area (Å²) in [4.78, 5) is 27.5. The van der Waals surface area contributed by atoms with Gasteiger partial charge in [0.1, 0.15) is 11.5 Å². The van der Waals surface area contributed by atoms with Crippen molar-refractivity contribution in [2.75, 3.05) is 4.90 Å². The molecule has 2 aromatic rings. The summed E-state index contributed by atoms with van der Waals surface area (Å²) in [7, 11) is 0. The summed E-state index contributed by atoms with van der Waals surface area (Å²) in [5, 5.41) is 0. The first-order valence-corrected chi connectivity index (χ1v) is 10.8. The van der Waals surface area contributed by atoms with Crippen LogP contribution in [-0.2, 0) is 9.59 Å². The van der Waals surface area contributed by atoms with Gasteiger partial charge >= 0.3 is 0 Å². The number of amides is 2. The Hall–Kier alpha value is -1.66. The van der Waals surface area contributed by atoms with E-state index in [1.807, 2.05) is 31.2 Å². The number of imide groups is 1. The van der Waals surface area contributed by atoms with Crippen LogP contribution in [0.3, 0.4) is 0 Å². The highest BCUT2D eigenvalue weighted by atomic mass is 79.9. The van der Waals surface area contributed by atoms with Crippen molar-refractivity contribution in [2.24, 2.45) is 11.8 Å². The molecule has 140 valence electrons. The minimum atomic E-state index is -0.237. The highest BCUT2D eigenvalue weighted by molar-refractivity contribution is 9.12. The molecule has 2 amide bonds. The van der Waals surface area contributed by atoms with Crippen LogP contribution < -0.4 is 9.64 Å². The van der Waals surface area contributed by atoms with Crippen LogP contribution in [0.5, 0.6) is 11.5 Å². The van der Waals surface area contributed by atoms with E-state index in [0.29, 0.717) is 24.3 Å². The van der Waals surface area contributed by atoms with Gasteiger partial charge < -0.3 is 4.74 Å². The van der Waals surface area contributed by atoms with Crippen LogP contribution in [0.1, 0.15) is 18.4 Å². The zero-order valence-electron chi connectivity index (χ0n) is 14.8. The molecule has 0 radical (unpaired) electrons. The van der Waals surface area contributed by atoms with Gasteiger partial charge in [0.15, 0.2) is 0 Å². The summed E-state index contributed by atoms with van der Waals surface area (Å²) in [5.41, 5.74) is 1.73. The Labute approximate surface area is 175 Å². The Morgan fingerprint density at radius 3 is 2.04 bits per heavy atom. The third-order valence-electron chi connectivity index (χ3n) is 5.23. The Morgan fingerprint density at radius 2 is 1.48 bits per heavy atom. The topological polar surface area (TPSA) is 46.6 Å². The lowest BCUT2D eigenvalue weighted by atomic mass is 9.81. The maximum Gasteiger partial charge on any atom is 0.237 e. The molecule has 0 spiro atoms. The molecule has 2 aromatic carbocycles. The first kappa shape index (κ1) is 18.7. The average Bonchev–Trinajstić information content (AvgIpc) is 2.87. The summed E-state index contributed by atoms with van der Waals surface area (Å²) in [6, 6.07) is 14.9. The summed E-state index contributed by atoms with van der Waals surface area (Å²) >= 11 is 7.23. The zero-order valence-corrected chi connectivity index (χ0v) is 17.9. The molecule has 6 heteroatoms. The van der Waals surface area contributed by atoms with Gasteiger partial charge in [0.05, 0.1) is 17.5 Å². The second kappa shape index (κ2) is 7.40. The Morgan fingerprint density at radius 1 is 0.889 bits per heavy atom. The van der Waals surface area contributed by atoms with Crippen LogP contribution in [0.4, 0.5) is 5.69 Å².